The van der Waals surface area contributed by atoms with E-state index in [4.69, 9.17) is 23.2 Å². The third-order valence-electron chi connectivity index (χ3n) is 5.32. The van der Waals surface area contributed by atoms with E-state index in [1.165, 1.54) is 31.1 Å². The first-order valence-corrected chi connectivity index (χ1v) is 13.4. The Labute approximate surface area is 222 Å². The number of benzene rings is 2. The lowest BCUT2D eigenvalue weighted by Gasteiger charge is -2.33. The molecule has 0 radical (unpaired) electrons. The zero-order valence-electron chi connectivity index (χ0n) is 20.8. The van der Waals surface area contributed by atoms with Gasteiger partial charge in [-0.1, -0.05) is 43.1 Å². The maximum atomic E-state index is 13.6. The van der Waals surface area contributed by atoms with Crippen molar-refractivity contribution in [3.63, 3.8) is 0 Å². The molecule has 0 aliphatic heterocycles. The summed E-state index contributed by atoms with van der Waals surface area (Å²) in [5.74, 6) is -1.38. The summed E-state index contributed by atoms with van der Waals surface area (Å²) in [5.41, 5.74) is 0.704. The molecule has 0 bridgehead atoms. The Morgan fingerprint density at radius 3 is 2.14 bits per heavy atom. The maximum absolute atomic E-state index is 13.6. The molecular formula is C24H31Cl2FN4O4S. The van der Waals surface area contributed by atoms with Gasteiger partial charge in [-0.2, -0.15) is 12.7 Å². The number of nitrogens with zero attached hydrogens (tertiary/aromatic N) is 3. The molecule has 12 heteroatoms. The van der Waals surface area contributed by atoms with E-state index in [2.05, 4.69) is 5.32 Å². The smallest absolute Gasteiger partial charge is 0.304 e. The zero-order valence-corrected chi connectivity index (χ0v) is 23.2. The first-order valence-electron chi connectivity index (χ1n) is 11.2. The Morgan fingerprint density at radius 2 is 1.61 bits per heavy atom. The van der Waals surface area contributed by atoms with Crippen molar-refractivity contribution < 1.29 is 22.4 Å². The van der Waals surface area contributed by atoms with Crippen molar-refractivity contribution in [2.45, 2.75) is 33.4 Å². The Balaban J connectivity index is 2.45. The fourth-order valence-corrected chi connectivity index (χ4v) is 4.57. The molecule has 2 amide bonds. The zero-order chi connectivity index (χ0) is 27.2. The van der Waals surface area contributed by atoms with Gasteiger partial charge in [-0.25, -0.2) is 8.70 Å². The molecule has 2 aromatic carbocycles. The number of amides is 2. The van der Waals surface area contributed by atoms with E-state index in [1.807, 2.05) is 13.8 Å². The molecule has 0 fully saturated rings. The summed E-state index contributed by atoms with van der Waals surface area (Å²) in [4.78, 5) is 27.7. The van der Waals surface area contributed by atoms with Crippen molar-refractivity contribution >= 4 is 50.9 Å². The number of carbonyl (C=O) groups excluding carboxylic acids is 2. The first kappa shape index (κ1) is 29.8. The lowest BCUT2D eigenvalue weighted by Crippen LogP contribution is -2.52. The van der Waals surface area contributed by atoms with Gasteiger partial charge in [0.15, 0.2) is 0 Å². The highest BCUT2D eigenvalue weighted by atomic mass is 35.5. The predicted molar refractivity (Wildman–Crippen MR) is 141 cm³/mol. The van der Waals surface area contributed by atoms with Crippen LogP contribution in [0, 0.1) is 11.7 Å². The second-order valence-electron chi connectivity index (χ2n) is 8.86. The van der Waals surface area contributed by atoms with Gasteiger partial charge in [0.05, 0.1) is 15.7 Å². The molecule has 1 N–H and O–H groups in total. The Kier molecular flexibility index (Phi) is 10.5. The minimum atomic E-state index is -4.13. The number of rotatable bonds is 11. The van der Waals surface area contributed by atoms with Gasteiger partial charge in [-0.15, -0.1) is 0 Å². The Morgan fingerprint density at radius 1 is 1.00 bits per heavy atom. The van der Waals surface area contributed by atoms with Gasteiger partial charge in [0.1, 0.15) is 18.4 Å². The van der Waals surface area contributed by atoms with Gasteiger partial charge in [-0.3, -0.25) is 9.59 Å². The van der Waals surface area contributed by atoms with Crippen LogP contribution in [0.1, 0.15) is 26.3 Å². The van der Waals surface area contributed by atoms with E-state index < -0.39 is 34.5 Å². The Bertz CT molecular complexity index is 1180. The van der Waals surface area contributed by atoms with Crippen LogP contribution in [0.4, 0.5) is 10.1 Å². The van der Waals surface area contributed by atoms with Crippen molar-refractivity contribution in [1.29, 1.82) is 0 Å². The summed E-state index contributed by atoms with van der Waals surface area (Å²) >= 11 is 12.1. The average molecular weight is 562 g/mol. The highest BCUT2D eigenvalue weighted by molar-refractivity contribution is 7.90. The SMILES string of the molecule is CC(C)CNC(=O)[C@H](C)N(Cc1ccc(Cl)c(Cl)c1)C(=O)CN(c1ccc(F)cc1)S(=O)(=O)N(C)C. The maximum Gasteiger partial charge on any atom is 0.304 e. The molecule has 1 atom stereocenters. The number of hydrogen-bond acceptors (Lipinski definition) is 4. The molecule has 0 saturated heterocycles. The van der Waals surface area contributed by atoms with Crippen molar-refractivity contribution in [1.82, 2.24) is 14.5 Å². The second kappa shape index (κ2) is 12.7. The van der Waals surface area contributed by atoms with Crippen LogP contribution in [0.15, 0.2) is 42.5 Å². The third kappa shape index (κ3) is 7.80. The molecule has 198 valence electrons. The minimum absolute atomic E-state index is 0.0226. The summed E-state index contributed by atoms with van der Waals surface area (Å²) in [5, 5.41) is 3.41. The summed E-state index contributed by atoms with van der Waals surface area (Å²) in [6.45, 7) is 5.22. The fourth-order valence-electron chi connectivity index (χ4n) is 3.19. The van der Waals surface area contributed by atoms with Gasteiger partial charge in [0.25, 0.3) is 0 Å². The van der Waals surface area contributed by atoms with Crippen molar-refractivity contribution in [3.05, 3.63) is 63.9 Å². The van der Waals surface area contributed by atoms with Crippen LogP contribution in [0.25, 0.3) is 0 Å². The van der Waals surface area contributed by atoms with Crippen LogP contribution in [0.5, 0.6) is 0 Å². The van der Waals surface area contributed by atoms with Gasteiger partial charge in [-0.05, 0) is 54.8 Å². The highest BCUT2D eigenvalue weighted by Crippen LogP contribution is 2.25. The molecule has 0 heterocycles. The third-order valence-corrected chi connectivity index (χ3v) is 7.88. The largest absolute Gasteiger partial charge is 0.354 e. The number of carbonyl (C=O) groups is 2. The van der Waals surface area contributed by atoms with Crippen LogP contribution in [0.3, 0.4) is 0 Å². The molecular weight excluding hydrogens is 530 g/mol. The molecule has 0 spiro atoms. The van der Waals surface area contributed by atoms with E-state index >= 15 is 0 Å². The van der Waals surface area contributed by atoms with Crippen LogP contribution in [-0.4, -0.2) is 62.7 Å². The molecule has 0 aliphatic carbocycles. The standard InChI is InChI=1S/C24H31Cl2FN4O4S/c1-16(2)13-28-24(33)17(3)30(14-18-6-11-21(25)22(26)12-18)23(32)15-31(36(34,35)29(4)5)20-9-7-19(27)8-10-20/h6-12,16-17H,13-15H2,1-5H3,(H,28,33)/t17-/m0/s1. The topological polar surface area (TPSA) is 90.0 Å². The summed E-state index contributed by atoms with van der Waals surface area (Å²) in [6, 6.07) is 8.65. The predicted octanol–water partition coefficient (Wildman–Crippen LogP) is 3.93. The van der Waals surface area contributed by atoms with Gasteiger partial charge in [0.2, 0.25) is 11.8 Å². The summed E-state index contributed by atoms with van der Waals surface area (Å²) < 4.78 is 41.5. The second-order valence-corrected chi connectivity index (χ2v) is 11.7. The molecule has 0 saturated carbocycles. The van der Waals surface area contributed by atoms with Gasteiger partial charge in [0, 0.05) is 27.2 Å². The number of anilines is 1. The number of hydrogen-bond donors (Lipinski definition) is 1. The van der Waals surface area contributed by atoms with E-state index in [0.29, 0.717) is 17.1 Å². The van der Waals surface area contributed by atoms with Crippen LogP contribution in [-0.2, 0) is 26.3 Å². The average Bonchev–Trinajstić information content (AvgIpc) is 2.81. The van der Waals surface area contributed by atoms with E-state index in [0.717, 1.165) is 20.7 Å². The van der Waals surface area contributed by atoms with Crippen molar-refractivity contribution in [2.75, 3.05) is 31.5 Å². The monoisotopic (exact) mass is 560 g/mol. The first-order chi connectivity index (χ1) is 16.7. The molecule has 8 nitrogen and oxygen atoms in total. The van der Waals surface area contributed by atoms with Gasteiger partial charge >= 0.3 is 10.2 Å². The van der Waals surface area contributed by atoms with Crippen LogP contribution >= 0.6 is 23.2 Å². The van der Waals surface area contributed by atoms with Crippen LogP contribution < -0.4 is 9.62 Å². The molecule has 0 aliphatic rings. The molecule has 2 rings (SSSR count). The molecule has 0 unspecified atom stereocenters. The van der Waals surface area contributed by atoms with E-state index in [9.17, 15) is 22.4 Å². The van der Waals surface area contributed by atoms with Crippen molar-refractivity contribution in [3.8, 4) is 0 Å². The lowest BCUT2D eigenvalue weighted by molar-refractivity contribution is -0.139. The van der Waals surface area contributed by atoms with Crippen LogP contribution in [0.2, 0.25) is 10.0 Å². The quantitative estimate of drug-likeness (QED) is 0.450. The molecule has 2 aromatic rings. The Hall–Kier alpha value is -2.40. The summed E-state index contributed by atoms with van der Waals surface area (Å²) in [6.07, 6.45) is 0. The number of nitrogens with one attached hydrogen (secondary N) is 1. The lowest BCUT2D eigenvalue weighted by atomic mass is 10.1. The molecule has 0 aromatic heterocycles. The van der Waals surface area contributed by atoms with E-state index in [1.54, 1.807) is 25.1 Å². The highest BCUT2D eigenvalue weighted by Gasteiger charge is 2.32. The fraction of sp³-hybridized carbons (Fsp3) is 0.417. The number of halogens is 3. The normalized spacial score (nSPS) is 12.5. The van der Waals surface area contributed by atoms with Crippen molar-refractivity contribution in [2.24, 2.45) is 5.92 Å². The summed E-state index contributed by atoms with van der Waals surface area (Å²) in [7, 11) is -1.48. The molecule has 36 heavy (non-hydrogen) atoms. The van der Waals surface area contributed by atoms with Gasteiger partial charge < -0.3 is 10.2 Å². The van der Waals surface area contributed by atoms with E-state index in [-0.39, 0.29) is 29.1 Å². The minimum Gasteiger partial charge on any atom is -0.354 e.